The van der Waals surface area contributed by atoms with Crippen LogP contribution in [0.4, 0.5) is 5.69 Å². The second-order valence-electron chi connectivity index (χ2n) is 7.62. The molecule has 1 N–H and O–H groups in total. The summed E-state index contributed by atoms with van der Waals surface area (Å²) in [6.45, 7) is 2.52. The van der Waals surface area contributed by atoms with E-state index in [9.17, 15) is 4.79 Å². The zero-order valence-electron chi connectivity index (χ0n) is 16.9. The molecule has 1 aromatic heterocycles. The van der Waals surface area contributed by atoms with Gasteiger partial charge in [0.2, 0.25) is 5.91 Å². The number of hydrogen-bond donors (Lipinski definition) is 1. The predicted octanol–water partition coefficient (Wildman–Crippen LogP) is 3.13. The first-order valence-electron chi connectivity index (χ1n) is 10.3. The predicted molar refractivity (Wildman–Crippen MR) is 116 cm³/mol. The molecule has 6 heteroatoms. The number of amides is 1. The molecular formula is C24H25N5O. The van der Waals surface area contributed by atoms with Gasteiger partial charge in [0.05, 0.1) is 18.1 Å². The van der Waals surface area contributed by atoms with Crippen LogP contribution in [0.25, 0.3) is 0 Å². The Morgan fingerprint density at radius 3 is 2.53 bits per heavy atom. The molecule has 0 saturated carbocycles. The molecule has 0 radical (unpaired) electrons. The number of para-hydroxylation sites is 1. The SMILES string of the molecule is N#Cc1ccc(Cn2ccnc2CC(=O)NC2CCN(c3ccccc3)CC2)cc1. The van der Waals surface area contributed by atoms with Crippen molar-refractivity contribution >= 4 is 11.6 Å². The molecule has 30 heavy (non-hydrogen) atoms. The zero-order valence-corrected chi connectivity index (χ0v) is 16.9. The van der Waals surface area contributed by atoms with E-state index in [-0.39, 0.29) is 18.4 Å². The maximum absolute atomic E-state index is 12.6. The van der Waals surface area contributed by atoms with E-state index in [1.807, 2.05) is 29.0 Å². The highest BCUT2D eigenvalue weighted by atomic mass is 16.1. The zero-order chi connectivity index (χ0) is 20.8. The van der Waals surface area contributed by atoms with Crippen molar-refractivity contribution in [2.45, 2.75) is 31.8 Å². The van der Waals surface area contributed by atoms with Crippen molar-refractivity contribution in [2.24, 2.45) is 0 Å². The summed E-state index contributed by atoms with van der Waals surface area (Å²) < 4.78 is 1.99. The second-order valence-corrected chi connectivity index (χ2v) is 7.62. The molecule has 1 aliphatic rings. The number of nitrogens with zero attached hydrogens (tertiary/aromatic N) is 4. The maximum atomic E-state index is 12.6. The van der Waals surface area contributed by atoms with E-state index >= 15 is 0 Å². The van der Waals surface area contributed by atoms with Crippen LogP contribution in [0.5, 0.6) is 0 Å². The van der Waals surface area contributed by atoms with Crippen LogP contribution in [0.3, 0.4) is 0 Å². The Bertz CT molecular complexity index is 1010. The van der Waals surface area contributed by atoms with Crippen LogP contribution >= 0.6 is 0 Å². The Balaban J connectivity index is 1.29. The summed E-state index contributed by atoms with van der Waals surface area (Å²) >= 11 is 0. The molecule has 0 atom stereocenters. The molecule has 2 heterocycles. The minimum atomic E-state index is 0.0143. The molecular weight excluding hydrogens is 374 g/mol. The first-order chi connectivity index (χ1) is 14.7. The number of hydrogen-bond acceptors (Lipinski definition) is 4. The number of nitriles is 1. The highest BCUT2D eigenvalue weighted by Gasteiger charge is 2.21. The van der Waals surface area contributed by atoms with Crippen molar-refractivity contribution in [3.05, 3.63) is 83.9 Å². The molecule has 1 amide bonds. The molecule has 1 fully saturated rings. The van der Waals surface area contributed by atoms with E-state index in [0.717, 1.165) is 37.3 Å². The molecule has 0 aliphatic carbocycles. The summed E-state index contributed by atoms with van der Waals surface area (Å²) in [4.78, 5) is 19.3. The van der Waals surface area contributed by atoms with Crippen molar-refractivity contribution in [1.29, 1.82) is 5.26 Å². The average molecular weight is 399 g/mol. The quantitative estimate of drug-likeness (QED) is 0.691. The van der Waals surface area contributed by atoms with Gasteiger partial charge in [-0.1, -0.05) is 30.3 Å². The van der Waals surface area contributed by atoms with Gasteiger partial charge in [-0.15, -0.1) is 0 Å². The monoisotopic (exact) mass is 399 g/mol. The lowest BCUT2D eigenvalue weighted by Crippen LogP contribution is -2.45. The standard InChI is InChI=1S/C24H25N5O/c25-17-19-6-8-20(9-7-19)18-29-15-12-26-23(29)16-24(30)27-21-10-13-28(14-11-21)22-4-2-1-3-5-22/h1-9,12,15,21H,10-11,13-14,16,18H2,(H,27,30). The lowest BCUT2D eigenvalue weighted by Gasteiger charge is -2.34. The molecule has 0 bridgehead atoms. The molecule has 0 spiro atoms. The first-order valence-corrected chi connectivity index (χ1v) is 10.3. The topological polar surface area (TPSA) is 73.9 Å². The van der Waals surface area contributed by atoms with Crippen LogP contribution < -0.4 is 10.2 Å². The fourth-order valence-corrected chi connectivity index (χ4v) is 3.88. The molecule has 1 aliphatic heterocycles. The van der Waals surface area contributed by atoms with E-state index in [0.29, 0.717) is 12.1 Å². The van der Waals surface area contributed by atoms with Crippen molar-refractivity contribution in [2.75, 3.05) is 18.0 Å². The van der Waals surface area contributed by atoms with Gasteiger partial charge in [0.25, 0.3) is 0 Å². The minimum Gasteiger partial charge on any atom is -0.371 e. The van der Waals surface area contributed by atoms with E-state index in [1.54, 1.807) is 18.3 Å². The van der Waals surface area contributed by atoms with E-state index in [4.69, 9.17) is 5.26 Å². The molecule has 4 rings (SSSR count). The maximum Gasteiger partial charge on any atom is 0.227 e. The molecule has 0 unspecified atom stereocenters. The van der Waals surface area contributed by atoms with Crippen molar-refractivity contribution in [3.63, 3.8) is 0 Å². The Morgan fingerprint density at radius 1 is 1.10 bits per heavy atom. The summed E-state index contributed by atoms with van der Waals surface area (Å²) in [6.07, 6.45) is 5.77. The third kappa shape index (κ3) is 4.87. The Kier molecular flexibility index (Phi) is 6.09. The number of rotatable bonds is 6. The molecule has 1 saturated heterocycles. The minimum absolute atomic E-state index is 0.0143. The molecule has 152 valence electrons. The van der Waals surface area contributed by atoms with Gasteiger partial charge >= 0.3 is 0 Å². The van der Waals surface area contributed by atoms with Gasteiger partial charge in [-0.25, -0.2) is 4.98 Å². The Morgan fingerprint density at radius 2 is 1.83 bits per heavy atom. The number of imidazole rings is 1. The van der Waals surface area contributed by atoms with Gasteiger partial charge in [-0.05, 0) is 42.7 Å². The van der Waals surface area contributed by atoms with Gasteiger partial charge in [0, 0.05) is 43.8 Å². The number of aromatic nitrogens is 2. The summed E-state index contributed by atoms with van der Waals surface area (Å²) in [5.41, 5.74) is 2.95. The van der Waals surface area contributed by atoms with E-state index < -0.39 is 0 Å². The number of anilines is 1. The van der Waals surface area contributed by atoms with Crippen molar-refractivity contribution in [3.8, 4) is 6.07 Å². The summed E-state index contributed by atoms with van der Waals surface area (Å²) in [6, 6.07) is 20.2. The van der Waals surface area contributed by atoms with Crippen LogP contribution in [-0.2, 0) is 17.8 Å². The van der Waals surface area contributed by atoms with Crippen LogP contribution in [0.15, 0.2) is 67.0 Å². The van der Waals surface area contributed by atoms with Crippen LogP contribution in [0.2, 0.25) is 0 Å². The third-order valence-electron chi connectivity index (χ3n) is 5.54. The van der Waals surface area contributed by atoms with Gasteiger partial charge < -0.3 is 14.8 Å². The smallest absolute Gasteiger partial charge is 0.227 e. The average Bonchev–Trinajstić information content (AvgIpc) is 3.21. The lowest BCUT2D eigenvalue weighted by molar-refractivity contribution is -0.121. The lowest BCUT2D eigenvalue weighted by atomic mass is 10.0. The van der Waals surface area contributed by atoms with Gasteiger partial charge in [-0.2, -0.15) is 5.26 Å². The number of carbonyl (C=O) groups excluding carboxylic acids is 1. The first kappa shape index (κ1) is 19.7. The summed E-state index contributed by atoms with van der Waals surface area (Å²) in [5.74, 6) is 0.763. The number of nitrogens with one attached hydrogen (secondary N) is 1. The highest BCUT2D eigenvalue weighted by Crippen LogP contribution is 2.19. The Labute approximate surface area is 176 Å². The van der Waals surface area contributed by atoms with E-state index in [2.05, 4.69) is 45.5 Å². The van der Waals surface area contributed by atoms with Gasteiger partial charge in [0.1, 0.15) is 5.82 Å². The number of benzene rings is 2. The normalized spacial score (nSPS) is 14.3. The summed E-state index contributed by atoms with van der Waals surface area (Å²) in [5, 5.41) is 12.1. The number of piperidine rings is 1. The molecule has 2 aromatic carbocycles. The highest BCUT2D eigenvalue weighted by molar-refractivity contribution is 5.78. The second kappa shape index (κ2) is 9.27. The van der Waals surface area contributed by atoms with Crippen LogP contribution in [0, 0.1) is 11.3 Å². The van der Waals surface area contributed by atoms with E-state index in [1.165, 1.54) is 5.69 Å². The van der Waals surface area contributed by atoms with Crippen LogP contribution in [-0.4, -0.2) is 34.6 Å². The Hall–Kier alpha value is -3.59. The van der Waals surface area contributed by atoms with Gasteiger partial charge in [-0.3, -0.25) is 4.79 Å². The van der Waals surface area contributed by atoms with Crippen molar-refractivity contribution < 1.29 is 4.79 Å². The molecule has 6 nitrogen and oxygen atoms in total. The molecule has 3 aromatic rings. The fourth-order valence-electron chi connectivity index (χ4n) is 3.88. The van der Waals surface area contributed by atoms with Gasteiger partial charge in [0.15, 0.2) is 0 Å². The fraction of sp³-hybridized carbons (Fsp3) is 0.292. The van der Waals surface area contributed by atoms with Crippen LogP contribution in [0.1, 0.15) is 29.8 Å². The largest absolute Gasteiger partial charge is 0.371 e. The number of carbonyl (C=O) groups is 1. The van der Waals surface area contributed by atoms with Crippen molar-refractivity contribution in [1.82, 2.24) is 14.9 Å². The third-order valence-corrected chi connectivity index (χ3v) is 5.54. The summed E-state index contributed by atoms with van der Waals surface area (Å²) in [7, 11) is 0.